The van der Waals surface area contributed by atoms with Gasteiger partial charge in [-0.2, -0.15) is 4.31 Å². The molecule has 3 heterocycles. The molecule has 29 heavy (non-hydrogen) atoms. The van der Waals surface area contributed by atoms with E-state index >= 15 is 0 Å². The van der Waals surface area contributed by atoms with Gasteiger partial charge in [0.05, 0.1) is 22.9 Å². The summed E-state index contributed by atoms with van der Waals surface area (Å²) in [5.41, 5.74) is 0.534. The molecule has 0 amide bonds. The molecule has 1 aromatic rings. The third-order valence-corrected chi connectivity index (χ3v) is 9.81. The smallest absolute Gasteiger partial charge is 0.243 e. The SMILES string of the molecule is O=S1(=O)CCCCN1c1ccc(S(=O)(=O)N2CCCN(C3CCOC3)CC2)cc1. The largest absolute Gasteiger partial charge is 0.380 e. The zero-order chi connectivity index (χ0) is 20.5. The van der Waals surface area contributed by atoms with Crippen LogP contribution in [0.3, 0.4) is 0 Å². The first kappa shape index (κ1) is 21.0. The fraction of sp³-hybridized carbons (Fsp3) is 0.684. The van der Waals surface area contributed by atoms with Gasteiger partial charge in [-0.15, -0.1) is 0 Å². The zero-order valence-corrected chi connectivity index (χ0v) is 18.2. The minimum absolute atomic E-state index is 0.142. The van der Waals surface area contributed by atoms with Crippen LogP contribution in [0.5, 0.6) is 0 Å². The minimum Gasteiger partial charge on any atom is -0.380 e. The Morgan fingerprint density at radius 1 is 0.931 bits per heavy atom. The van der Waals surface area contributed by atoms with Crippen molar-refractivity contribution in [3.05, 3.63) is 24.3 Å². The second-order valence-electron chi connectivity index (χ2n) is 7.90. The Kier molecular flexibility index (Phi) is 6.17. The van der Waals surface area contributed by atoms with Crippen molar-refractivity contribution < 1.29 is 21.6 Å². The van der Waals surface area contributed by atoms with Gasteiger partial charge in [-0.25, -0.2) is 16.8 Å². The molecule has 10 heteroatoms. The van der Waals surface area contributed by atoms with Crippen LogP contribution in [0.2, 0.25) is 0 Å². The van der Waals surface area contributed by atoms with Crippen LogP contribution in [0, 0.1) is 0 Å². The van der Waals surface area contributed by atoms with Crippen LogP contribution in [0.4, 0.5) is 5.69 Å². The number of benzene rings is 1. The van der Waals surface area contributed by atoms with Crippen LogP contribution >= 0.6 is 0 Å². The Morgan fingerprint density at radius 2 is 1.72 bits per heavy atom. The summed E-state index contributed by atoms with van der Waals surface area (Å²) in [4.78, 5) is 2.56. The van der Waals surface area contributed by atoms with Crippen LogP contribution < -0.4 is 4.31 Å². The van der Waals surface area contributed by atoms with E-state index in [1.807, 2.05) is 0 Å². The normalized spacial score (nSPS) is 27.0. The van der Waals surface area contributed by atoms with Crippen molar-refractivity contribution >= 4 is 25.7 Å². The molecule has 1 aromatic carbocycles. The van der Waals surface area contributed by atoms with Crippen molar-refractivity contribution in [1.82, 2.24) is 9.21 Å². The Labute approximate surface area is 173 Å². The van der Waals surface area contributed by atoms with Gasteiger partial charge in [0.15, 0.2) is 0 Å². The quantitative estimate of drug-likeness (QED) is 0.693. The fourth-order valence-corrected chi connectivity index (χ4v) is 7.45. The average Bonchev–Trinajstić information content (AvgIpc) is 3.12. The highest BCUT2D eigenvalue weighted by atomic mass is 32.2. The molecular weight excluding hydrogens is 414 g/mol. The standard InChI is InChI=1S/C19H29N3O5S2/c23-28(24)15-2-1-11-22(28)17-4-6-19(7-5-17)29(25,26)21-10-3-9-20(12-13-21)18-8-14-27-16-18/h4-7,18H,1-3,8-16H2. The summed E-state index contributed by atoms with van der Waals surface area (Å²) in [7, 11) is -6.91. The highest BCUT2D eigenvalue weighted by Crippen LogP contribution is 2.26. The predicted octanol–water partition coefficient (Wildman–Crippen LogP) is 1.10. The third-order valence-electron chi connectivity index (χ3n) is 6.02. The van der Waals surface area contributed by atoms with Crippen molar-refractivity contribution in [2.75, 3.05) is 56.0 Å². The van der Waals surface area contributed by atoms with Crippen LogP contribution in [0.1, 0.15) is 25.7 Å². The first-order valence-corrected chi connectivity index (χ1v) is 13.4. The molecule has 0 N–H and O–H groups in total. The molecule has 3 fully saturated rings. The zero-order valence-electron chi connectivity index (χ0n) is 16.6. The second-order valence-corrected chi connectivity index (χ2v) is 11.9. The van der Waals surface area contributed by atoms with Gasteiger partial charge in [0, 0.05) is 38.8 Å². The predicted molar refractivity (Wildman–Crippen MR) is 111 cm³/mol. The number of anilines is 1. The van der Waals surface area contributed by atoms with E-state index in [0.29, 0.717) is 44.3 Å². The van der Waals surface area contributed by atoms with Crippen molar-refractivity contribution in [2.24, 2.45) is 0 Å². The van der Waals surface area contributed by atoms with E-state index in [0.717, 1.165) is 39.0 Å². The summed E-state index contributed by atoms with van der Waals surface area (Å²) in [5, 5.41) is 0. The maximum absolute atomic E-state index is 13.1. The number of ether oxygens (including phenoxy) is 1. The molecule has 1 unspecified atom stereocenters. The van der Waals surface area contributed by atoms with E-state index in [1.54, 1.807) is 16.4 Å². The van der Waals surface area contributed by atoms with E-state index in [4.69, 9.17) is 4.74 Å². The fourth-order valence-electron chi connectivity index (χ4n) is 4.34. The van der Waals surface area contributed by atoms with Gasteiger partial charge < -0.3 is 4.74 Å². The summed E-state index contributed by atoms with van der Waals surface area (Å²) in [6.07, 6.45) is 3.29. The maximum atomic E-state index is 13.1. The average molecular weight is 444 g/mol. The number of nitrogens with zero attached hydrogens (tertiary/aromatic N) is 3. The Morgan fingerprint density at radius 3 is 2.41 bits per heavy atom. The molecule has 0 aromatic heterocycles. The second kappa shape index (κ2) is 8.50. The van der Waals surface area contributed by atoms with E-state index < -0.39 is 20.0 Å². The lowest BCUT2D eigenvalue weighted by molar-refractivity contribution is 0.147. The molecule has 3 aliphatic heterocycles. The monoisotopic (exact) mass is 443 g/mol. The van der Waals surface area contributed by atoms with Crippen LogP contribution in [0.25, 0.3) is 0 Å². The van der Waals surface area contributed by atoms with Crippen molar-refractivity contribution in [2.45, 2.75) is 36.6 Å². The van der Waals surface area contributed by atoms with Gasteiger partial charge in [-0.05, 0) is 56.5 Å². The van der Waals surface area contributed by atoms with Crippen LogP contribution in [0.15, 0.2) is 29.2 Å². The van der Waals surface area contributed by atoms with Gasteiger partial charge in [-0.3, -0.25) is 9.21 Å². The summed E-state index contributed by atoms with van der Waals surface area (Å²) in [6.45, 7) is 4.50. The molecule has 0 radical (unpaired) electrons. The van der Waals surface area contributed by atoms with Crippen molar-refractivity contribution in [3.63, 3.8) is 0 Å². The molecule has 0 bridgehead atoms. The van der Waals surface area contributed by atoms with E-state index in [2.05, 4.69) is 4.90 Å². The third kappa shape index (κ3) is 4.46. The Balaban J connectivity index is 1.47. The molecule has 3 saturated heterocycles. The summed E-state index contributed by atoms with van der Waals surface area (Å²) in [6, 6.07) is 6.67. The lowest BCUT2D eigenvalue weighted by Gasteiger charge is -2.28. The molecule has 1 atom stereocenters. The molecule has 3 aliphatic rings. The van der Waals surface area contributed by atoms with E-state index in [1.165, 1.54) is 16.4 Å². The molecular formula is C19H29N3O5S2. The molecule has 0 spiro atoms. The number of rotatable bonds is 4. The van der Waals surface area contributed by atoms with Gasteiger partial charge in [0.25, 0.3) is 0 Å². The van der Waals surface area contributed by atoms with Gasteiger partial charge in [-0.1, -0.05) is 0 Å². The Hall–Kier alpha value is -1.20. The number of sulfonamides is 2. The van der Waals surface area contributed by atoms with Crippen LogP contribution in [-0.4, -0.2) is 83.8 Å². The highest BCUT2D eigenvalue weighted by molar-refractivity contribution is 7.92. The summed E-state index contributed by atoms with van der Waals surface area (Å²) in [5.74, 6) is 0.142. The highest BCUT2D eigenvalue weighted by Gasteiger charge is 2.31. The topological polar surface area (TPSA) is 87.2 Å². The summed E-state index contributed by atoms with van der Waals surface area (Å²) < 4.78 is 59.2. The van der Waals surface area contributed by atoms with E-state index in [9.17, 15) is 16.8 Å². The molecule has 0 saturated carbocycles. The molecule has 8 nitrogen and oxygen atoms in total. The number of hydrogen-bond acceptors (Lipinski definition) is 6. The maximum Gasteiger partial charge on any atom is 0.243 e. The van der Waals surface area contributed by atoms with Crippen molar-refractivity contribution in [3.8, 4) is 0 Å². The van der Waals surface area contributed by atoms with E-state index in [-0.39, 0.29) is 10.6 Å². The number of hydrogen-bond donors (Lipinski definition) is 0. The van der Waals surface area contributed by atoms with Crippen LogP contribution in [-0.2, 0) is 24.8 Å². The minimum atomic E-state index is -3.60. The molecule has 4 rings (SSSR count). The lowest BCUT2D eigenvalue weighted by atomic mass is 10.2. The van der Waals surface area contributed by atoms with Crippen molar-refractivity contribution in [1.29, 1.82) is 0 Å². The van der Waals surface area contributed by atoms with Gasteiger partial charge in [0.2, 0.25) is 20.0 Å². The lowest BCUT2D eigenvalue weighted by Crippen LogP contribution is -2.40. The Bertz CT molecular complexity index is 912. The summed E-state index contributed by atoms with van der Waals surface area (Å²) >= 11 is 0. The molecule has 0 aliphatic carbocycles. The van der Waals surface area contributed by atoms with Gasteiger partial charge >= 0.3 is 0 Å². The molecule has 162 valence electrons. The van der Waals surface area contributed by atoms with Gasteiger partial charge in [0.1, 0.15) is 0 Å². The first-order chi connectivity index (χ1) is 13.9. The first-order valence-electron chi connectivity index (χ1n) is 10.3.